The number of amides is 2. The molecule has 0 fully saturated rings. The number of benzene rings is 1. The van der Waals surface area contributed by atoms with Gasteiger partial charge in [-0.25, -0.2) is 4.98 Å². The Morgan fingerprint density at radius 3 is 2.83 bits per heavy atom. The number of carbonyl (C=O) groups excluding carboxylic acids is 2. The minimum absolute atomic E-state index is 0.118. The first-order valence-electron chi connectivity index (χ1n) is 9.71. The number of anilines is 1. The molecule has 0 unspecified atom stereocenters. The smallest absolute Gasteiger partial charge is 0.269 e. The minimum atomic E-state index is -0.967. The number of hydrogen-bond donors (Lipinski definition) is 1. The Hall–Kier alpha value is -3.61. The van der Waals surface area contributed by atoms with Gasteiger partial charge in [0.25, 0.3) is 5.91 Å². The molecule has 1 aliphatic heterocycles. The molecule has 0 saturated carbocycles. The molecule has 7 nitrogen and oxygen atoms in total. The Kier molecular flexibility index (Phi) is 4.81. The SMILES string of the molecule is CN(Cc1cc2ccccc2n1C)C(=O)/C=C/c1cnc2c(c1)OC(C)(C)C(=O)N2. The van der Waals surface area contributed by atoms with Crippen molar-refractivity contribution in [1.82, 2.24) is 14.5 Å². The fraction of sp³-hybridized carbons (Fsp3) is 0.261. The summed E-state index contributed by atoms with van der Waals surface area (Å²) in [5, 5.41) is 3.88. The van der Waals surface area contributed by atoms with Crippen molar-refractivity contribution < 1.29 is 14.3 Å². The van der Waals surface area contributed by atoms with E-state index in [1.807, 2.05) is 19.2 Å². The van der Waals surface area contributed by atoms with Crippen LogP contribution in [0.5, 0.6) is 5.75 Å². The molecule has 4 rings (SSSR count). The zero-order valence-electron chi connectivity index (χ0n) is 17.5. The number of aromatic nitrogens is 2. The van der Waals surface area contributed by atoms with Crippen molar-refractivity contribution in [1.29, 1.82) is 0 Å². The predicted molar refractivity (Wildman–Crippen MR) is 116 cm³/mol. The van der Waals surface area contributed by atoms with Crippen molar-refractivity contribution in [2.24, 2.45) is 7.05 Å². The Balaban J connectivity index is 1.47. The fourth-order valence-corrected chi connectivity index (χ4v) is 3.42. The number of para-hydroxylation sites is 1. The highest BCUT2D eigenvalue weighted by Crippen LogP contribution is 2.32. The first-order valence-corrected chi connectivity index (χ1v) is 9.71. The summed E-state index contributed by atoms with van der Waals surface area (Å²) in [6.07, 6.45) is 4.80. The van der Waals surface area contributed by atoms with Crippen LogP contribution < -0.4 is 10.1 Å². The maximum atomic E-state index is 12.6. The molecule has 2 amide bonds. The number of carbonyl (C=O) groups is 2. The average molecular weight is 404 g/mol. The summed E-state index contributed by atoms with van der Waals surface area (Å²) in [6, 6.07) is 12.0. The number of ether oxygens (including phenoxy) is 1. The lowest BCUT2D eigenvalue weighted by Crippen LogP contribution is -2.46. The topological polar surface area (TPSA) is 76.5 Å². The van der Waals surface area contributed by atoms with E-state index in [9.17, 15) is 9.59 Å². The van der Waals surface area contributed by atoms with Gasteiger partial charge in [0.15, 0.2) is 17.2 Å². The minimum Gasteiger partial charge on any atom is -0.474 e. The summed E-state index contributed by atoms with van der Waals surface area (Å²) in [5.41, 5.74) is 1.94. The lowest BCUT2D eigenvalue weighted by atomic mass is 10.1. The van der Waals surface area contributed by atoms with E-state index >= 15 is 0 Å². The van der Waals surface area contributed by atoms with Crippen LogP contribution in [0.1, 0.15) is 25.1 Å². The molecule has 0 bridgehead atoms. The Morgan fingerprint density at radius 2 is 2.07 bits per heavy atom. The van der Waals surface area contributed by atoms with Crippen molar-refractivity contribution in [3.05, 3.63) is 59.9 Å². The van der Waals surface area contributed by atoms with E-state index < -0.39 is 5.60 Å². The van der Waals surface area contributed by atoms with Crippen LogP contribution in [0.4, 0.5) is 5.82 Å². The van der Waals surface area contributed by atoms with Gasteiger partial charge in [-0.2, -0.15) is 0 Å². The van der Waals surface area contributed by atoms with Gasteiger partial charge >= 0.3 is 0 Å². The molecular weight excluding hydrogens is 380 g/mol. The number of pyridine rings is 1. The van der Waals surface area contributed by atoms with Crippen molar-refractivity contribution in [3.63, 3.8) is 0 Å². The molecule has 1 N–H and O–H groups in total. The second-order valence-corrected chi connectivity index (χ2v) is 7.96. The van der Waals surface area contributed by atoms with E-state index in [1.165, 1.54) is 6.08 Å². The van der Waals surface area contributed by atoms with E-state index in [-0.39, 0.29) is 11.8 Å². The van der Waals surface area contributed by atoms with E-state index in [0.717, 1.165) is 16.6 Å². The van der Waals surface area contributed by atoms with E-state index in [1.54, 1.807) is 44.1 Å². The van der Waals surface area contributed by atoms with Crippen molar-refractivity contribution in [3.8, 4) is 5.75 Å². The van der Waals surface area contributed by atoms with Gasteiger partial charge in [-0.15, -0.1) is 0 Å². The molecule has 3 heterocycles. The van der Waals surface area contributed by atoms with Gasteiger partial charge in [0.1, 0.15) is 0 Å². The largest absolute Gasteiger partial charge is 0.474 e. The normalized spacial score (nSPS) is 15.0. The van der Waals surface area contributed by atoms with Gasteiger partial charge in [0, 0.05) is 37.6 Å². The van der Waals surface area contributed by atoms with Crippen LogP contribution in [0.2, 0.25) is 0 Å². The summed E-state index contributed by atoms with van der Waals surface area (Å²) in [7, 11) is 3.78. The zero-order valence-corrected chi connectivity index (χ0v) is 17.5. The van der Waals surface area contributed by atoms with Gasteiger partial charge in [-0.05, 0) is 49.1 Å². The third-order valence-corrected chi connectivity index (χ3v) is 5.26. The molecule has 2 aromatic heterocycles. The van der Waals surface area contributed by atoms with Crippen LogP contribution >= 0.6 is 0 Å². The van der Waals surface area contributed by atoms with Crippen LogP contribution in [0.25, 0.3) is 17.0 Å². The second-order valence-electron chi connectivity index (χ2n) is 7.96. The monoisotopic (exact) mass is 404 g/mol. The van der Waals surface area contributed by atoms with Crippen LogP contribution in [0, 0.1) is 0 Å². The molecule has 0 radical (unpaired) electrons. The third-order valence-electron chi connectivity index (χ3n) is 5.26. The Labute approximate surface area is 175 Å². The number of likely N-dealkylation sites (N-methyl/N-ethyl adjacent to an activating group) is 1. The van der Waals surface area contributed by atoms with Gasteiger partial charge in [-0.1, -0.05) is 18.2 Å². The van der Waals surface area contributed by atoms with E-state index in [4.69, 9.17) is 4.74 Å². The molecule has 30 heavy (non-hydrogen) atoms. The van der Waals surface area contributed by atoms with E-state index in [2.05, 4.69) is 33.1 Å². The molecule has 154 valence electrons. The maximum absolute atomic E-state index is 12.6. The van der Waals surface area contributed by atoms with Crippen molar-refractivity contribution >= 4 is 34.6 Å². The van der Waals surface area contributed by atoms with E-state index in [0.29, 0.717) is 23.7 Å². The van der Waals surface area contributed by atoms with Crippen molar-refractivity contribution in [2.45, 2.75) is 26.0 Å². The van der Waals surface area contributed by atoms with Crippen LogP contribution in [0.15, 0.2) is 48.7 Å². The summed E-state index contributed by atoms with van der Waals surface area (Å²) < 4.78 is 7.84. The molecule has 1 aliphatic rings. The Morgan fingerprint density at radius 1 is 1.30 bits per heavy atom. The molecule has 0 aliphatic carbocycles. The lowest BCUT2D eigenvalue weighted by Gasteiger charge is -2.30. The van der Waals surface area contributed by atoms with Gasteiger partial charge in [0.2, 0.25) is 5.91 Å². The molecule has 0 atom stereocenters. The molecule has 0 saturated heterocycles. The van der Waals surface area contributed by atoms with Crippen LogP contribution in [-0.2, 0) is 23.2 Å². The maximum Gasteiger partial charge on any atom is 0.269 e. The lowest BCUT2D eigenvalue weighted by molar-refractivity contribution is -0.129. The number of fused-ring (bicyclic) bond motifs is 2. The average Bonchev–Trinajstić information content (AvgIpc) is 3.02. The Bertz CT molecular complexity index is 1180. The first kappa shape index (κ1) is 19.7. The molecule has 0 spiro atoms. The summed E-state index contributed by atoms with van der Waals surface area (Å²) in [4.78, 5) is 30.4. The summed E-state index contributed by atoms with van der Waals surface area (Å²) in [5.74, 6) is 0.511. The summed E-state index contributed by atoms with van der Waals surface area (Å²) in [6.45, 7) is 3.89. The van der Waals surface area contributed by atoms with Crippen LogP contribution in [-0.4, -0.2) is 38.9 Å². The number of nitrogens with one attached hydrogen (secondary N) is 1. The predicted octanol–water partition coefficient (Wildman–Crippen LogP) is 3.35. The quantitative estimate of drug-likeness (QED) is 0.677. The van der Waals surface area contributed by atoms with Crippen molar-refractivity contribution in [2.75, 3.05) is 12.4 Å². The first-order chi connectivity index (χ1) is 14.2. The van der Waals surface area contributed by atoms with Crippen LogP contribution in [0.3, 0.4) is 0 Å². The second kappa shape index (κ2) is 7.33. The number of rotatable bonds is 4. The third kappa shape index (κ3) is 3.66. The molecule has 7 heteroatoms. The van der Waals surface area contributed by atoms with Gasteiger partial charge < -0.3 is 19.5 Å². The summed E-state index contributed by atoms with van der Waals surface area (Å²) >= 11 is 0. The highest BCUT2D eigenvalue weighted by molar-refractivity contribution is 5.99. The zero-order chi connectivity index (χ0) is 21.5. The number of hydrogen-bond acceptors (Lipinski definition) is 4. The number of nitrogens with zero attached hydrogens (tertiary/aromatic N) is 3. The standard InChI is InChI=1S/C23H24N4O3/c1-23(2)22(29)25-21-19(30-23)11-15(13-24-21)9-10-20(28)26(3)14-17-12-16-7-5-6-8-18(16)27(17)4/h5-13H,14H2,1-4H3,(H,24,25,29)/b10-9+. The molecule has 1 aromatic carbocycles. The molecule has 3 aromatic rings. The highest BCUT2D eigenvalue weighted by Gasteiger charge is 2.36. The molecular formula is C23H24N4O3. The number of aryl methyl sites for hydroxylation is 1. The van der Waals surface area contributed by atoms with Gasteiger partial charge in [0.05, 0.1) is 6.54 Å². The van der Waals surface area contributed by atoms with Gasteiger partial charge in [-0.3, -0.25) is 9.59 Å². The fourth-order valence-electron chi connectivity index (χ4n) is 3.42. The highest BCUT2D eigenvalue weighted by atomic mass is 16.5.